The maximum atomic E-state index is 13.1. The molecule has 1 aromatic carbocycles. The zero-order valence-corrected chi connectivity index (χ0v) is 18.0. The van der Waals surface area contributed by atoms with E-state index in [1.54, 1.807) is 0 Å². The van der Waals surface area contributed by atoms with Gasteiger partial charge in [0.1, 0.15) is 5.82 Å². The molecule has 0 saturated carbocycles. The lowest BCUT2D eigenvalue weighted by atomic mass is 9.99. The molecule has 0 aromatic heterocycles. The van der Waals surface area contributed by atoms with Crippen molar-refractivity contribution in [2.24, 2.45) is 11.8 Å². The first-order valence-electron chi connectivity index (χ1n) is 10.6. The van der Waals surface area contributed by atoms with Crippen molar-refractivity contribution >= 4 is 15.9 Å². The fourth-order valence-electron chi connectivity index (χ4n) is 4.28. The molecule has 1 amide bonds. The Bertz CT molecular complexity index is 785. The van der Waals surface area contributed by atoms with E-state index in [0.29, 0.717) is 25.9 Å². The Morgan fingerprint density at radius 2 is 1.86 bits per heavy atom. The van der Waals surface area contributed by atoms with Gasteiger partial charge >= 0.3 is 0 Å². The number of nitrogens with one attached hydrogen (secondary N) is 1. The maximum Gasteiger partial charge on any atom is 0.243 e. The zero-order chi connectivity index (χ0) is 20.9. The van der Waals surface area contributed by atoms with Gasteiger partial charge in [-0.2, -0.15) is 4.31 Å². The highest BCUT2D eigenvalue weighted by Crippen LogP contribution is 2.24. The Balaban J connectivity index is 1.47. The number of carbonyl (C=O) groups is 1. The molecule has 8 heteroatoms. The number of benzene rings is 1. The van der Waals surface area contributed by atoms with E-state index in [2.05, 4.69) is 17.1 Å². The molecule has 2 atom stereocenters. The molecule has 162 valence electrons. The second-order valence-corrected chi connectivity index (χ2v) is 10.3. The summed E-state index contributed by atoms with van der Waals surface area (Å²) in [5, 5.41) is 2.99. The van der Waals surface area contributed by atoms with Gasteiger partial charge in [-0.05, 0) is 75.4 Å². The number of nitrogens with zero attached hydrogens (tertiary/aromatic N) is 2. The number of carbonyl (C=O) groups excluding carboxylic acids is 1. The number of piperidine rings is 2. The van der Waals surface area contributed by atoms with Crippen molar-refractivity contribution in [3.05, 3.63) is 30.1 Å². The molecule has 0 bridgehead atoms. The van der Waals surface area contributed by atoms with Crippen LogP contribution in [0.25, 0.3) is 0 Å². The van der Waals surface area contributed by atoms with Gasteiger partial charge in [-0.25, -0.2) is 12.8 Å². The summed E-state index contributed by atoms with van der Waals surface area (Å²) in [6, 6.07) is 4.83. The van der Waals surface area contributed by atoms with Gasteiger partial charge in [-0.3, -0.25) is 4.79 Å². The Labute approximate surface area is 173 Å². The molecule has 2 unspecified atom stereocenters. The van der Waals surface area contributed by atoms with Crippen LogP contribution in [0.4, 0.5) is 4.39 Å². The minimum atomic E-state index is -3.71. The van der Waals surface area contributed by atoms with Gasteiger partial charge in [0.05, 0.1) is 10.8 Å². The van der Waals surface area contributed by atoms with E-state index < -0.39 is 15.8 Å². The van der Waals surface area contributed by atoms with Crippen LogP contribution in [-0.2, 0) is 14.8 Å². The second-order valence-electron chi connectivity index (χ2n) is 8.35. The van der Waals surface area contributed by atoms with E-state index >= 15 is 0 Å². The van der Waals surface area contributed by atoms with Crippen LogP contribution in [0.2, 0.25) is 0 Å². The minimum absolute atomic E-state index is 0.0655. The Morgan fingerprint density at radius 1 is 1.14 bits per heavy atom. The molecule has 0 aliphatic carbocycles. The van der Waals surface area contributed by atoms with Gasteiger partial charge in [0.2, 0.25) is 15.9 Å². The van der Waals surface area contributed by atoms with Crippen LogP contribution >= 0.6 is 0 Å². The molecule has 0 radical (unpaired) electrons. The lowest BCUT2D eigenvalue weighted by molar-refractivity contribution is -0.126. The monoisotopic (exact) mass is 425 g/mol. The molecule has 3 rings (SSSR count). The molecular weight excluding hydrogens is 393 g/mol. The lowest BCUT2D eigenvalue weighted by Crippen LogP contribution is -2.45. The second kappa shape index (κ2) is 10.00. The van der Waals surface area contributed by atoms with Crippen molar-refractivity contribution in [1.82, 2.24) is 14.5 Å². The topological polar surface area (TPSA) is 69.7 Å². The van der Waals surface area contributed by atoms with Crippen LogP contribution in [0.1, 0.15) is 39.0 Å². The molecular formula is C21H32FN3O3S. The minimum Gasteiger partial charge on any atom is -0.356 e. The zero-order valence-electron chi connectivity index (χ0n) is 17.1. The number of rotatable bonds is 7. The van der Waals surface area contributed by atoms with Gasteiger partial charge in [0.25, 0.3) is 0 Å². The van der Waals surface area contributed by atoms with Crippen molar-refractivity contribution in [3.8, 4) is 0 Å². The summed E-state index contributed by atoms with van der Waals surface area (Å²) in [6.45, 7) is 6.71. The van der Waals surface area contributed by atoms with Gasteiger partial charge < -0.3 is 10.2 Å². The SMILES string of the molecule is CC1CCCN(CCCNC(=O)C2CCCN(S(=O)(=O)c3ccc(F)cc3)C2)C1. The van der Waals surface area contributed by atoms with Crippen molar-refractivity contribution < 1.29 is 17.6 Å². The van der Waals surface area contributed by atoms with E-state index in [0.717, 1.165) is 44.1 Å². The van der Waals surface area contributed by atoms with Crippen LogP contribution in [0.5, 0.6) is 0 Å². The summed E-state index contributed by atoms with van der Waals surface area (Å²) in [5.41, 5.74) is 0. The van der Waals surface area contributed by atoms with E-state index in [-0.39, 0.29) is 23.3 Å². The summed E-state index contributed by atoms with van der Waals surface area (Å²) in [5.74, 6) is -0.140. The molecule has 2 aliphatic rings. The normalized spacial score (nSPS) is 24.3. The summed E-state index contributed by atoms with van der Waals surface area (Å²) >= 11 is 0. The van der Waals surface area contributed by atoms with Crippen LogP contribution in [-0.4, -0.2) is 62.8 Å². The van der Waals surface area contributed by atoms with Crippen molar-refractivity contribution in [1.29, 1.82) is 0 Å². The van der Waals surface area contributed by atoms with Gasteiger partial charge in [0.15, 0.2) is 0 Å². The average molecular weight is 426 g/mol. The van der Waals surface area contributed by atoms with Crippen LogP contribution < -0.4 is 5.32 Å². The third-order valence-corrected chi connectivity index (χ3v) is 7.78. The molecule has 2 heterocycles. The van der Waals surface area contributed by atoms with Crippen molar-refractivity contribution in [3.63, 3.8) is 0 Å². The predicted octanol–water partition coefficient (Wildman–Crippen LogP) is 2.46. The lowest BCUT2D eigenvalue weighted by Gasteiger charge is -2.32. The third kappa shape index (κ3) is 5.99. The van der Waals surface area contributed by atoms with Crippen molar-refractivity contribution in [2.45, 2.75) is 43.9 Å². The number of halogens is 1. The van der Waals surface area contributed by atoms with Crippen LogP contribution in [0.3, 0.4) is 0 Å². The highest BCUT2D eigenvalue weighted by Gasteiger charge is 2.33. The van der Waals surface area contributed by atoms with Gasteiger partial charge in [-0.15, -0.1) is 0 Å². The average Bonchev–Trinajstić information content (AvgIpc) is 2.71. The fraction of sp³-hybridized carbons (Fsp3) is 0.667. The fourth-order valence-corrected chi connectivity index (χ4v) is 5.80. The van der Waals surface area contributed by atoms with Gasteiger partial charge in [0, 0.05) is 26.2 Å². The highest BCUT2D eigenvalue weighted by molar-refractivity contribution is 7.89. The van der Waals surface area contributed by atoms with E-state index in [4.69, 9.17) is 0 Å². The van der Waals surface area contributed by atoms with Crippen LogP contribution in [0, 0.1) is 17.7 Å². The number of likely N-dealkylation sites (tertiary alicyclic amines) is 1. The number of sulfonamides is 1. The molecule has 29 heavy (non-hydrogen) atoms. The number of hydrogen-bond donors (Lipinski definition) is 1. The third-order valence-electron chi connectivity index (χ3n) is 5.90. The van der Waals surface area contributed by atoms with Crippen LogP contribution in [0.15, 0.2) is 29.2 Å². The standard InChI is InChI=1S/C21H32FN3O3S/c1-17-5-2-12-24(15-17)13-4-11-23-21(26)18-6-3-14-25(16-18)29(27,28)20-9-7-19(22)8-10-20/h7-10,17-18H,2-6,11-16H2,1H3,(H,23,26). The number of hydrogen-bond acceptors (Lipinski definition) is 4. The molecule has 2 saturated heterocycles. The first-order valence-corrected chi connectivity index (χ1v) is 12.1. The Morgan fingerprint density at radius 3 is 2.59 bits per heavy atom. The van der Waals surface area contributed by atoms with Crippen molar-refractivity contribution in [2.75, 3.05) is 39.3 Å². The predicted molar refractivity (Wildman–Crippen MR) is 110 cm³/mol. The largest absolute Gasteiger partial charge is 0.356 e. The van der Waals surface area contributed by atoms with E-state index in [1.165, 1.54) is 29.3 Å². The Hall–Kier alpha value is -1.51. The molecule has 2 fully saturated rings. The summed E-state index contributed by atoms with van der Waals surface area (Å²) in [6.07, 6.45) is 4.78. The maximum absolute atomic E-state index is 13.1. The molecule has 6 nitrogen and oxygen atoms in total. The molecule has 0 spiro atoms. The quantitative estimate of drug-likeness (QED) is 0.682. The smallest absolute Gasteiger partial charge is 0.243 e. The van der Waals surface area contributed by atoms with E-state index in [9.17, 15) is 17.6 Å². The summed E-state index contributed by atoms with van der Waals surface area (Å²) in [7, 11) is -3.71. The highest BCUT2D eigenvalue weighted by atomic mass is 32.2. The van der Waals surface area contributed by atoms with E-state index in [1.807, 2.05) is 0 Å². The summed E-state index contributed by atoms with van der Waals surface area (Å²) in [4.78, 5) is 15.1. The molecule has 2 aliphatic heterocycles. The molecule has 1 N–H and O–H groups in total. The summed E-state index contributed by atoms with van der Waals surface area (Å²) < 4.78 is 40.0. The first-order chi connectivity index (χ1) is 13.9. The molecule has 1 aromatic rings. The Kier molecular flexibility index (Phi) is 7.65. The first kappa shape index (κ1) is 22.2. The number of amides is 1. The van der Waals surface area contributed by atoms with Gasteiger partial charge in [-0.1, -0.05) is 6.92 Å².